The van der Waals surface area contributed by atoms with Gasteiger partial charge < -0.3 is 10.4 Å². The van der Waals surface area contributed by atoms with Gasteiger partial charge in [0, 0.05) is 6.42 Å². The first-order valence-electron chi connectivity index (χ1n) is 4.90. The van der Waals surface area contributed by atoms with Crippen molar-refractivity contribution in [1.82, 2.24) is 0 Å². The van der Waals surface area contributed by atoms with Crippen molar-refractivity contribution in [3.05, 3.63) is 17.0 Å². The molecule has 0 fully saturated rings. The molecule has 88 valence electrons. The van der Waals surface area contributed by atoms with Gasteiger partial charge in [-0.25, -0.2) is 4.79 Å². The number of nitrogens with one attached hydrogen (secondary N) is 1. The van der Waals surface area contributed by atoms with Gasteiger partial charge in [0.1, 0.15) is 5.00 Å². The number of anilines is 1. The van der Waals surface area contributed by atoms with Gasteiger partial charge in [-0.05, 0) is 16.9 Å². The standard InChI is InChI=1S/C11H15NO3S/c1-11(2,3)6-8(13)12-9-7(10(14)15)4-5-16-9/h4-5H,6H2,1-3H3,(H,12,13)(H,14,15). The first kappa shape index (κ1) is 12.7. The second-order valence-electron chi connectivity index (χ2n) is 4.75. The molecule has 0 aromatic carbocycles. The van der Waals surface area contributed by atoms with Gasteiger partial charge in [0.25, 0.3) is 0 Å². The Hall–Kier alpha value is -1.36. The highest BCUT2D eigenvalue weighted by atomic mass is 32.1. The summed E-state index contributed by atoms with van der Waals surface area (Å²) in [6, 6.07) is 1.49. The minimum absolute atomic E-state index is 0.106. The number of hydrogen-bond donors (Lipinski definition) is 2. The molecule has 0 aliphatic heterocycles. The molecule has 0 radical (unpaired) electrons. The van der Waals surface area contributed by atoms with Gasteiger partial charge in [0.15, 0.2) is 0 Å². The quantitative estimate of drug-likeness (QED) is 0.855. The Morgan fingerprint density at radius 1 is 1.44 bits per heavy atom. The highest BCUT2D eigenvalue weighted by Gasteiger charge is 2.18. The number of aromatic carboxylic acids is 1. The molecular formula is C11H15NO3S. The minimum atomic E-state index is -1.02. The molecule has 1 amide bonds. The maximum absolute atomic E-state index is 11.6. The molecule has 1 aromatic rings. The van der Waals surface area contributed by atoms with Gasteiger partial charge in [-0.1, -0.05) is 20.8 Å². The average Bonchev–Trinajstić information content (AvgIpc) is 2.47. The molecule has 5 heteroatoms. The molecule has 4 nitrogen and oxygen atoms in total. The topological polar surface area (TPSA) is 66.4 Å². The molecule has 0 bridgehead atoms. The number of hydrogen-bond acceptors (Lipinski definition) is 3. The van der Waals surface area contributed by atoms with Crippen molar-refractivity contribution in [2.75, 3.05) is 5.32 Å². The molecule has 0 aliphatic carbocycles. The Morgan fingerprint density at radius 2 is 2.06 bits per heavy atom. The summed E-state index contributed by atoms with van der Waals surface area (Å²) in [4.78, 5) is 22.4. The summed E-state index contributed by atoms with van der Waals surface area (Å²) >= 11 is 1.22. The molecule has 0 spiro atoms. The van der Waals surface area contributed by atoms with Crippen LogP contribution in [0.3, 0.4) is 0 Å². The number of thiophene rings is 1. The maximum Gasteiger partial charge on any atom is 0.338 e. The fraction of sp³-hybridized carbons (Fsp3) is 0.455. The van der Waals surface area contributed by atoms with E-state index in [0.717, 1.165) is 0 Å². The highest BCUT2D eigenvalue weighted by Crippen LogP contribution is 2.25. The summed E-state index contributed by atoms with van der Waals surface area (Å²) in [5.41, 5.74) is 0.0392. The van der Waals surface area contributed by atoms with E-state index < -0.39 is 5.97 Å². The number of carbonyl (C=O) groups is 2. The average molecular weight is 241 g/mol. The third kappa shape index (κ3) is 3.66. The van der Waals surface area contributed by atoms with Crippen LogP contribution < -0.4 is 5.32 Å². The van der Waals surface area contributed by atoms with Crippen LogP contribution in [-0.4, -0.2) is 17.0 Å². The van der Waals surface area contributed by atoms with Crippen LogP contribution in [0.5, 0.6) is 0 Å². The van der Waals surface area contributed by atoms with Crippen LogP contribution >= 0.6 is 11.3 Å². The van der Waals surface area contributed by atoms with Crippen LogP contribution in [0, 0.1) is 5.41 Å². The molecule has 1 heterocycles. The van der Waals surface area contributed by atoms with Crippen LogP contribution in [0.15, 0.2) is 11.4 Å². The van der Waals surface area contributed by atoms with E-state index in [9.17, 15) is 9.59 Å². The van der Waals surface area contributed by atoms with Gasteiger partial charge in [0.2, 0.25) is 5.91 Å². The Labute approximate surface area is 98.3 Å². The van der Waals surface area contributed by atoms with E-state index >= 15 is 0 Å². The van der Waals surface area contributed by atoms with Crippen LogP contribution in [0.2, 0.25) is 0 Å². The third-order valence-corrected chi connectivity index (χ3v) is 2.67. The number of rotatable bonds is 3. The van der Waals surface area contributed by atoms with E-state index in [2.05, 4.69) is 5.32 Å². The number of carboxylic acid groups (broad SMARTS) is 1. The van der Waals surface area contributed by atoms with E-state index in [0.29, 0.717) is 11.4 Å². The zero-order valence-electron chi connectivity index (χ0n) is 9.53. The molecule has 1 rings (SSSR count). The van der Waals surface area contributed by atoms with Crippen molar-refractivity contribution in [3.8, 4) is 0 Å². The van der Waals surface area contributed by atoms with Crippen molar-refractivity contribution >= 4 is 28.2 Å². The normalized spacial score (nSPS) is 11.2. The summed E-state index contributed by atoms with van der Waals surface area (Å²) in [6.07, 6.45) is 0.365. The predicted molar refractivity (Wildman–Crippen MR) is 64.0 cm³/mol. The van der Waals surface area contributed by atoms with E-state index in [1.54, 1.807) is 5.38 Å². The first-order chi connectivity index (χ1) is 7.29. The summed E-state index contributed by atoms with van der Waals surface area (Å²) in [6.45, 7) is 5.87. The summed E-state index contributed by atoms with van der Waals surface area (Å²) < 4.78 is 0. The third-order valence-electron chi connectivity index (χ3n) is 1.84. The van der Waals surface area contributed by atoms with Gasteiger partial charge in [0.05, 0.1) is 5.56 Å². The Balaban J connectivity index is 2.70. The predicted octanol–water partition coefficient (Wildman–Crippen LogP) is 2.82. The molecular weight excluding hydrogens is 226 g/mol. The lowest BCUT2D eigenvalue weighted by Crippen LogP contribution is -2.20. The van der Waals surface area contributed by atoms with Crippen LogP contribution in [0.4, 0.5) is 5.00 Å². The van der Waals surface area contributed by atoms with E-state index in [1.807, 2.05) is 20.8 Å². The monoisotopic (exact) mass is 241 g/mol. The summed E-state index contributed by atoms with van der Waals surface area (Å²) in [5, 5.41) is 13.5. The van der Waals surface area contributed by atoms with E-state index in [4.69, 9.17) is 5.11 Å². The lowest BCUT2D eigenvalue weighted by atomic mass is 9.92. The van der Waals surface area contributed by atoms with Crippen molar-refractivity contribution in [3.63, 3.8) is 0 Å². The van der Waals surface area contributed by atoms with Gasteiger partial charge >= 0.3 is 5.97 Å². The molecule has 0 aliphatic rings. The second-order valence-corrected chi connectivity index (χ2v) is 5.67. The number of carboxylic acids is 1. The fourth-order valence-corrected chi connectivity index (χ4v) is 2.02. The Bertz CT molecular complexity index is 404. The first-order valence-corrected chi connectivity index (χ1v) is 5.78. The number of amides is 1. The Morgan fingerprint density at radius 3 is 2.56 bits per heavy atom. The van der Waals surface area contributed by atoms with Crippen LogP contribution in [0.1, 0.15) is 37.6 Å². The lowest BCUT2D eigenvalue weighted by Gasteiger charge is -2.16. The van der Waals surface area contributed by atoms with Crippen molar-refractivity contribution in [1.29, 1.82) is 0 Å². The zero-order valence-corrected chi connectivity index (χ0v) is 10.4. The molecule has 0 saturated carbocycles. The molecule has 2 N–H and O–H groups in total. The van der Waals surface area contributed by atoms with Crippen molar-refractivity contribution < 1.29 is 14.7 Å². The zero-order chi connectivity index (χ0) is 12.3. The van der Waals surface area contributed by atoms with E-state index in [1.165, 1.54) is 17.4 Å². The van der Waals surface area contributed by atoms with E-state index in [-0.39, 0.29) is 16.9 Å². The lowest BCUT2D eigenvalue weighted by molar-refractivity contribution is -0.117. The molecule has 0 unspecified atom stereocenters. The largest absolute Gasteiger partial charge is 0.478 e. The van der Waals surface area contributed by atoms with Crippen molar-refractivity contribution in [2.45, 2.75) is 27.2 Å². The Kier molecular flexibility index (Phi) is 3.70. The van der Waals surface area contributed by atoms with Crippen molar-refractivity contribution in [2.24, 2.45) is 5.41 Å². The summed E-state index contributed by atoms with van der Waals surface area (Å²) in [5.74, 6) is -1.18. The van der Waals surface area contributed by atoms with Gasteiger partial charge in [-0.15, -0.1) is 11.3 Å². The van der Waals surface area contributed by atoms with Crippen LogP contribution in [0.25, 0.3) is 0 Å². The highest BCUT2D eigenvalue weighted by molar-refractivity contribution is 7.14. The molecule has 16 heavy (non-hydrogen) atoms. The fourth-order valence-electron chi connectivity index (χ4n) is 1.23. The second kappa shape index (κ2) is 4.65. The van der Waals surface area contributed by atoms with Gasteiger partial charge in [-0.2, -0.15) is 0 Å². The minimum Gasteiger partial charge on any atom is -0.478 e. The number of carbonyl (C=O) groups excluding carboxylic acids is 1. The summed E-state index contributed by atoms with van der Waals surface area (Å²) in [7, 11) is 0. The molecule has 0 atom stereocenters. The maximum atomic E-state index is 11.6. The SMILES string of the molecule is CC(C)(C)CC(=O)Nc1sccc1C(=O)O. The van der Waals surface area contributed by atoms with Gasteiger partial charge in [-0.3, -0.25) is 4.79 Å². The smallest absolute Gasteiger partial charge is 0.338 e. The molecule has 0 saturated heterocycles. The molecule has 1 aromatic heterocycles. The van der Waals surface area contributed by atoms with Crippen LogP contribution in [-0.2, 0) is 4.79 Å².